The Bertz CT molecular complexity index is 561. The Hall–Kier alpha value is -1.62. The predicted molar refractivity (Wildman–Crippen MR) is 60.0 cm³/mol. The van der Waals surface area contributed by atoms with Gasteiger partial charge in [-0.3, -0.25) is 4.79 Å². The van der Waals surface area contributed by atoms with Gasteiger partial charge in [-0.05, 0) is 12.8 Å². The highest BCUT2D eigenvalue weighted by atomic mass is 35.5. The molecule has 2 heterocycles. The molecule has 1 aliphatic rings. The highest BCUT2D eigenvalue weighted by Gasteiger charge is 2.23. The normalized spacial score (nSPS) is 15.3. The van der Waals surface area contributed by atoms with Gasteiger partial charge in [0.2, 0.25) is 0 Å². The number of carbonyl (C=O) groups excluding carboxylic acids is 1. The summed E-state index contributed by atoms with van der Waals surface area (Å²) in [7, 11) is 0. The SMILES string of the molecule is O=Cc1cn2cc(Cl)nc(NC3CC3)c2n1. The van der Waals surface area contributed by atoms with Crippen LogP contribution in [0.25, 0.3) is 5.65 Å². The lowest BCUT2D eigenvalue weighted by Crippen LogP contribution is -2.05. The topological polar surface area (TPSA) is 59.3 Å². The third kappa shape index (κ3) is 1.63. The van der Waals surface area contributed by atoms with Crippen LogP contribution in [0.3, 0.4) is 0 Å². The van der Waals surface area contributed by atoms with Gasteiger partial charge in [0, 0.05) is 18.4 Å². The van der Waals surface area contributed by atoms with E-state index in [1.807, 2.05) is 0 Å². The summed E-state index contributed by atoms with van der Waals surface area (Å²) in [6, 6.07) is 0.464. The number of aldehydes is 1. The number of imidazole rings is 1. The average Bonchev–Trinajstić information content (AvgIpc) is 2.95. The van der Waals surface area contributed by atoms with Crippen molar-refractivity contribution in [3.63, 3.8) is 0 Å². The molecule has 0 bridgehead atoms. The Balaban J connectivity index is 2.15. The van der Waals surface area contributed by atoms with Crippen LogP contribution in [0.1, 0.15) is 23.3 Å². The van der Waals surface area contributed by atoms with E-state index in [1.54, 1.807) is 16.8 Å². The molecule has 0 saturated heterocycles. The first-order valence-corrected chi connectivity index (χ1v) is 5.41. The predicted octanol–water partition coefficient (Wildman–Crippen LogP) is 1.77. The quantitative estimate of drug-likeness (QED) is 0.826. The molecule has 1 N–H and O–H groups in total. The van der Waals surface area contributed by atoms with Crippen LogP contribution in [0.15, 0.2) is 12.4 Å². The molecule has 0 amide bonds. The third-order valence-electron chi connectivity index (χ3n) is 2.47. The highest BCUT2D eigenvalue weighted by molar-refractivity contribution is 6.29. The molecule has 2 aromatic heterocycles. The van der Waals surface area contributed by atoms with E-state index in [0.717, 1.165) is 12.8 Å². The minimum Gasteiger partial charge on any atom is -0.364 e. The Kier molecular flexibility index (Phi) is 2.07. The summed E-state index contributed by atoms with van der Waals surface area (Å²) in [6.07, 6.45) is 6.26. The van der Waals surface area contributed by atoms with Gasteiger partial charge in [-0.1, -0.05) is 11.6 Å². The van der Waals surface area contributed by atoms with Crippen molar-refractivity contribution >= 4 is 29.4 Å². The largest absolute Gasteiger partial charge is 0.364 e. The fourth-order valence-electron chi connectivity index (χ4n) is 1.56. The maximum atomic E-state index is 10.7. The number of carbonyl (C=O) groups is 1. The van der Waals surface area contributed by atoms with E-state index in [9.17, 15) is 4.79 Å². The maximum absolute atomic E-state index is 10.7. The standard InChI is InChI=1S/C10H9ClN4O/c11-8-4-15-3-7(5-16)13-10(15)9(14-8)12-6-1-2-6/h3-6H,1-2H2,(H,12,14). The lowest BCUT2D eigenvalue weighted by Gasteiger charge is -2.05. The molecule has 0 unspecified atom stereocenters. The monoisotopic (exact) mass is 236 g/mol. The number of halogens is 1. The number of rotatable bonds is 3. The van der Waals surface area contributed by atoms with Crippen molar-refractivity contribution < 1.29 is 4.79 Å². The van der Waals surface area contributed by atoms with Crippen LogP contribution >= 0.6 is 11.6 Å². The van der Waals surface area contributed by atoms with Gasteiger partial charge in [0.25, 0.3) is 0 Å². The molecular formula is C10H9ClN4O. The molecule has 6 heteroatoms. The molecule has 0 spiro atoms. The van der Waals surface area contributed by atoms with Gasteiger partial charge in [-0.2, -0.15) is 0 Å². The summed E-state index contributed by atoms with van der Waals surface area (Å²) < 4.78 is 1.71. The maximum Gasteiger partial charge on any atom is 0.180 e. The van der Waals surface area contributed by atoms with Crippen LogP contribution in [0.2, 0.25) is 5.15 Å². The number of nitrogens with zero attached hydrogens (tertiary/aromatic N) is 3. The number of hydrogen-bond acceptors (Lipinski definition) is 4. The second kappa shape index (κ2) is 3.45. The first-order chi connectivity index (χ1) is 7.76. The van der Waals surface area contributed by atoms with Crippen molar-refractivity contribution in [2.24, 2.45) is 0 Å². The molecule has 3 rings (SSSR count). The molecule has 0 atom stereocenters. The van der Waals surface area contributed by atoms with Crippen molar-refractivity contribution in [2.75, 3.05) is 5.32 Å². The summed E-state index contributed by atoms with van der Waals surface area (Å²) in [5.74, 6) is 0.642. The van der Waals surface area contributed by atoms with E-state index in [4.69, 9.17) is 11.6 Å². The van der Waals surface area contributed by atoms with Crippen molar-refractivity contribution in [3.8, 4) is 0 Å². The molecule has 16 heavy (non-hydrogen) atoms. The van der Waals surface area contributed by atoms with Gasteiger partial charge in [-0.25, -0.2) is 9.97 Å². The number of anilines is 1. The average molecular weight is 237 g/mol. The van der Waals surface area contributed by atoms with Crippen molar-refractivity contribution in [3.05, 3.63) is 23.2 Å². The van der Waals surface area contributed by atoms with Gasteiger partial charge in [0.15, 0.2) is 17.8 Å². The van der Waals surface area contributed by atoms with Crippen molar-refractivity contribution in [1.29, 1.82) is 0 Å². The van der Waals surface area contributed by atoms with Crippen LogP contribution in [0, 0.1) is 0 Å². The molecule has 1 aliphatic carbocycles. The molecular weight excluding hydrogens is 228 g/mol. The Morgan fingerprint density at radius 3 is 2.94 bits per heavy atom. The molecule has 1 fully saturated rings. The second-order valence-electron chi connectivity index (χ2n) is 3.85. The Labute approximate surface area is 96.5 Å². The van der Waals surface area contributed by atoms with Gasteiger partial charge in [0.05, 0.1) is 0 Å². The molecule has 0 aromatic carbocycles. The fourth-order valence-corrected chi connectivity index (χ4v) is 1.75. The zero-order valence-corrected chi connectivity index (χ0v) is 9.11. The summed E-state index contributed by atoms with van der Waals surface area (Å²) >= 11 is 5.89. The number of aromatic nitrogens is 3. The zero-order chi connectivity index (χ0) is 11.1. The second-order valence-corrected chi connectivity index (χ2v) is 4.23. The van der Waals surface area contributed by atoms with E-state index in [-0.39, 0.29) is 0 Å². The van der Waals surface area contributed by atoms with Gasteiger partial charge in [-0.15, -0.1) is 0 Å². The minimum atomic E-state index is 0.378. The summed E-state index contributed by atoms with van der Waals surface area (Å²) in [6.45, 7) is 0. The summed E-state index contributed by atoms with van der Waals surface area (Å²) in [5.41, 5.74) is 1.02. The molecule has 0 aliphatic heterocycles. The van der Waals surface area contributed by atoms with Gasteiger partial charge in [0.1, 0.15) is 10.8 Å². The fraction of sp³-hybridized carbons (Fsp3) is 0.300. The van der Waals surface area contributed by atoms with Crippen LogP contribution in [-0.2, 0) is 0 Å². The lowest BCUT2D eigenvalue weighted by molar-refractivity contribution is 0.111. The number of hydrogen-bond donors (Lipinski definition) is 1. The molecule has 82 valence electrons. The van der Waals surface area contributed by atoms with E-state index >= 15 is 0 Å². The molecule has 5 nitrogen and oxygen atoms in total. The molecule has 2 aromatic rings. The third-order valence-corrected chi connectivity index (χ3v) is 2.65. The van der Waals surface area contributed by atoms with Crippen LogP contribution in [0.4, 0.5) is 5.82 Å². The van der Waals surface area contributed by atoms with Crippen molar-refractivity contribution in [2.45, 2.75) is 18.9 Å². The summed E-state index contributed by atoms with van der Waals surface area (Å²) in [5, 5.41) is 3.62. The molecule has 0 radical (unpaired) electrons. The number of nitrogens with one attached hydrogen (secondary N) is 1. The Morgan fingerprint density at radius 1 is 1.44 bits per heavy atom. The first kappa shape index (κ1) is 9.59. The molecule has 1 saturated carbocycles. The minimum absolute atomic E-state index is 0.378. The van der Waals surface area contributed by atoms with Crippen LogP contribution in [-0.4, -0.2) is 26.7 Å². The highest BCUT2D eigenvalue weighted by Crippen LogP contribution is 2.26. The van der Waals surface area contributed by atoms with E-state index in [0.29, 0.717) is 34.6 Å². The smallest absolute Gasteiger partial charge is 0.180 e. The van der Waals surface area contributed by atoms with E-state index < -0.39 is 0 Å². The van der Waals surface area contributed by atoms with Crippen LogP contribution in [0.5, 0.6) is 0 Å². The van der Waals surface area contributed by atoms with Crippen molar-refractivity contribution in [1.82, 2.24) is 14.4 Å². The van der Waals surface area contributed by atoms with Gasteiger partial charge >= 0.3 is 0 Å². The van der Waals surface area contributed by atoms with E-state index in [1.165, 1.54) is 0 Å². The van der Waals surface area contributed by atoms with E-state index in [2.05, 4.69) is 15.3 Å². The Morgan fingerprint density at radius 2 is 2.25 bits per heavy atom. The lowest BCUT2D eigenvalue weighted by atomic mass is 10.5. The summed E-state index contributed by atoms with van der Waals surface area (Å²) in [4.78, 5) is 19.0. The van der Waals surface area contributed by atoms with Crippen LogP contribution < -0.4 is 5.32 Å². The van der Waals surface area contributed by atoms with Gasteiger partial charge < -0.3 is 9.72 Å². The first-order valence-electron chi connectivity index (χ1n) is 5.03. The zero-order valence-electron chi connectivity index (χ0n) is 8.35. The number of fused-ring (bicyclic) bond motifs is 1.